The molecular weight excluding hydrogens is 422 g/mol. The normalized spacial score (nSPS) is 13.7. The highest BCUT2D eigenvalue weighted by Gasteiger charge is 2.41. The summed E-state index contributed by atoms with van der Waals surface area (Å²) in [6, 6.07) is 22.6. The summed E-state index contributed by atoms with van der Waals surface area (Å²) in [6.07, 6.45) is 0. The molecule has 162 valence electrons. The van der Waals surface area contributed by atoms with E-state index in [1.807, 2.05) is 61.5 Å². The fraction of sp³-hybridized carbons (Fsp3) is 0.154. The number of ether oxygens (including phenoxy) is 2. The SMILES string of the molecule is COc1ccc(OC)c(N2C(=O)C(SCc3ccccc3)=C(c3ccc(C)cc3)C2=O)c1. The topological polar surface area (TPSA) is 55.8 Å². The van der Waals surface area contributed by atoms with Gasteiger partial charge in [0.15, 0.2) is 0 Å². The van der Waals surface area contributed by atoms with Crippen LogP contribution >= 0.6 is 11.8 Å². The maximum atomic E-state index is 13.6. The van der Waals surface area contributed by atoms with Crippen molar-refractivity contribution in [2.75, 3.05) is 19.1 Å². The third kappa shape index (κ3) is 4.14. The van der Waals surface area contributed by atoms with E-state index in [0.29, 0.717) is 39.0 Å². The summed E-state index contributed by atoms with van der Waals surface area (Å²) in [5.41, 5.74) is 3.64. The molecule has 0 N–H and O–H groups in total. The van der Waals surface area contributed by atoms with Gasteiger partial charge in [0.25, 0.3) is 11.8 Å². The lowest BCUT2D eigenvalue weighted by molar-refractivity contribution is -0.119. The van der Waals surface area contributed by atoms with Crippen molar-refractivity contribution < 1.29 is 19.1 Å². The number of carbonyl (C=O) groups is 2. The van der Waals surface area contributed by atoms with E-state index in [9.17, 15) is 9.59 Å². The van der Waals surface area contributed by atoms with E-state index >= 15 is 0 Å². The Hall–Kier alpha value is -3.51. The van der Waals surface area contributed by atoms with Crippen LogP contribution in [-0.4, -0.2) is 26.0 Å². The number of carbonyl (C=O) groups excluding carboxylic acids is 2. The number of benzene rings is 3. The highest BCUT2D eigenvalue weighted by molar-refractivity contribution is 8.03. The molecule has 0 aliphatic carbocycles. The molecule has 2 amide bonds. The van der Waals surface area contributed by atoms with Gasteiger partial charge in [-0.15, -0.1) is 11.8 Å². The zero-order valence-electron chi connectivity index (χ0n) is 18.1. The number of rotatable bonds is 7. The molecule has 1 aliphatic heterocycles. The number of nitrogens with zero attached hydrogens (tertiary/aromatic N) is 1. The molecule has 0 saturated heterocycles. The number of aryl methyl sites for hydroxylation is 1. The third-order valence-corrected chi connectivity index (χ3v) is 6.38. The molecule has 5 nitrogen and oxygen atoms in total. The van der Waals surface area contributed by atoms with E-state index in [1.54, 1.807) is 18.2 Å². The van der Waals surface area contributed by atoms with E-state index in [4.69, 9.17) is 9.47 Å². The predicted molar refractivity (Wildman–Crippen MR) is 128 cm³/mol. The van der Waals surface area contributed by atoms with Crippen molar-refractivity contribution in [3.8, 4) is 11.5 Å². The van der Waals surface area contributed by atoms with Crippen LogP contribution in [0.4, 0.5) is 5.69 Å². The minimum Gasteiger partial charge on any atom is -0.497 e. The molecule has 0 bridgehead atoms. The van der Waals surface area contributed by atoms with Gasteiger partial charge in [0.1, 0.15) is 11.5 Å². The Labute approximate surface area is 191 Å². The Balaban J connectivity index is 1.78. The Bertz CT molecular complexity index is 1190. The molecule has 0 radical (unpaired) electrons. The summed E-state index contributed by atoms with van der Waals surface area (Å²) in [6.45, 7) is 1.98. The molecule has 0 spiro atoms. The third-order valence-electron chi connectivity index (χ3n) is 5.23. The number of thioether (sulfide) groups is 1. The van der Waals surface area contributed by atoms with Crippen LogP contribution in [0, 0.1) is 6.92 Å². The maximum Gasteiger partial charge on any atom is 0.272 e. The largest absolute Gasteiger partial charge is 0.497 e. The van der Waals surface area contributed by atoms with Gasteiger partial charge in [-0.05, 0) is 30.2 Å². The number of hydrogen-bond acceptors (Lipinski definition) is 5. The molecule has 3 aromatic rings. The summed E-state index contributed by atoms with van der Waals surface area (Å²) in [4.78, 5) is 28.8. The van der Waals surface area contributed by atoms with Gasteiger partial charge in [-0.2, -0.15) is 0 Å². The van der Waals surface area contributed by atoms with Crippen LogP contribution in [0.5, 0.6) is 11.5 Å². The molecule has 4 rings (SSSR count). The summed E-state index contributed by atoms with van der Waals surface area (Å²) in [7, 11) is 3.05. The summed E-state index contributed by atoms with van der Waals surface area (Å²) >= 11 is 1.37. The molecule has 3 aromatic carbocycles. The van der Waals surface area contributed by atoms with Crippen LogP contribution in [0.3, 0.4) is 0 Å². The molecule has 6 heteroatoms. The van der Waals surface area contributed by atoms with Crippen molar-refractivity contribution in [3.05, 3.63) is 94.4 Å². The van der Waals surface area contributed by atoms with Crippen molar-refractivity contribution in [1.29, 1.82) is 0 Å². The van der Waals surface area contributed by atoms with Crippen LogP contribution in [0.1, 0.15) is 16.7 Å². The number of imide groups is 1. The minimum absolute atomic E-state index is 0.363. The number of hydrogen-bond donors (Lipinski definition) is 0. The quantitative estimate of drug-likeness (QED) is 0.466. The Morgan fingerprint density at radius 1 is 0.844 bits per heavy atom. The Morgan fingerprint density at radius 3 is 2.22 bits per heavy atom. The Kier molecular flexibility index (Phi) is 6.32. The average molecular weight is 446 g/mol. The standard InChI is InChI=1S/C26H23NO4S/c1-17-9-11-19(12-10-17)23-24(32-16-18-7-5-4-6-8-18)26(29)27(25(23)28)21-15-20(30-2)13-14-22(21)31-3/h4-15H,16H2,1-3H3. The van der Waals surface area contributed by atoms with Gasteiger partial charge in [-0.3, -0.25) is 9.59 Å². The first-order valence-corrected chi connectivity index (χ1v) is 11.1. The predicted octanol–water partition coefficient (Wildman–Crippen LogP) is 5.23. The second-order valence-electron chi connectivity index (χ2n) is 7.33. The molecule has 0 saturated carbocycles. The lowest BCUT2D eigenvalue weighted by Crippen LogP contribution is -2.31. The van der Waals surface area contributed by atoms with Gasteiger partial charge < -0.3 is 9.47 Å². The molecule has 0 atom stereocenters. The monoisotopic (exact) mass is 445 g/mol. The van der Waals surface area contributed by atoms with E-state index in [2.05, 4.69) is 0 Å². The first-order valence-electron chi connectivity index (χ1n) is 10.1. The molecule has 0 unspecified atom stereocenters. The van der Waals surface area contributed by atoms with Crippen molar-refractivity contribution in [3.63, 3.8) is 0 Å². The van der Waals surface area contributed by atoms with Gasteiger partial charge in [0, 0.05) is 11.8 Å². The summed E-state index contributed by atoms with van der Waals surface area (Å²) < 4.78 is 10.8. The lowest BCUT2D eigenvalue weighted by Gasteiger charge is -2.19. The van der Waals surface area contributed by atoms with E-state index < -0.39 is 0 Å². The highest BCUT2D eigenvalue weighted by Crippen LogP contribution is 2.43. The van der Waals surface area contributed by atoms with Crippen molar-refractivity contribution in [1.82, 2.24) is 0 Å². The van der Waals surface area contributed by atoms with E-state index in [1.165, 1.54) is 30.9 Å². The number of methoxy groups -OCH3 is 2. The second-order valence-corrected chi connectivity index (χ2v) is 8.31. The maximum absolute atomic E-state index is 13.6. The van der Waals surface area contributed by atoms with Crippen molar-refractivity contribution >= 4 is 34.8 Å². The van der Waals surface area contributed by atoms with Crippen LogP contribution in [0.2, 0.25) is 0 Å². The van der Waals surface area contributed by atoms with Gasteiger partial charge in [0.2, 0.25) is 0 Å². The van der Waals surface area contributed by atoms with Crippen LogP contribution < -0.4 is 14.4 Å². The van der Waals surface area contributed by atoms with E-state index in [-0.39, 0.29) is 11.8 Å². The molecule has 1 aliphatic rings. The fourth-order valence-electron chi connectivity index (χ4n) is 3.54. The summed E-state index contributed by atoms with van der Waals surface area (Å²) in [5, 5.41) is 0. The van der Waals surface area contributed by atoms with Gasteiger partial charge in [0.05, 0.1) is 30.4 Å². The first-order chi connectivity index (χ1) is 15.5. The fourth-order valence-corrected chi connectivity index (χ4v) is 4.61. The minimum atomic E-state index is -0.374. The molecule has 0 fully saturated rings. The van der Waals surface area contributed by atoms with Gasteiger partial charge in [-0.1, -0.05) is 60.2 Å². The molecule has 0 aromatic heterocycles. The molecule has 32 heavy (non-hydrogen) atoms. The second kappa shape index (κ2) is 9.32. The number of anilines is 1. The van der Waals surface area contributed by atoms with Gasteiger partial charge >= 0.3 is 0 Å². The zero-order valence-corrected chi connectivity index (χ0v) is 18.9. The lowest BCUT2D eigenvalue weighted by atomic mass is 10.0. The van der Waals surface area contributed by atoms with Crippen molar-refractivity contribution in [2.24, 2.45) is 0 Å². The smallest absolute Gasteiger partial charge is 0.272 e. The van der Waals surface area contributed by atoms with Crippen molar-refractivity contribution in [2.45, 2.75) is 12.7 Å². The molecule has 1 heterocycles. The summed E-state index contributed by atoms with van der Waals surface area (Å²) in [5.74, 6) is 0.793. The zero-order chi connectivity index (χ0) is 22.7. The van der Waals surface area contributed by atoms with Crippen LogP contribution in [-0.2, 0) is 15.3 Å². The van der Waals surface area contributed by atoms with Crippen LogP contribution in [0.25, 0.3) is 5.57 Å². The first kappa shape index (κ1) is 21.7. The number of amides is 2. The van der Waals surface area contributed by atoms with Crippen LogP contribution in [0.15, 0.2) is 77.7 Å². The van der Waals surface area contributed by atoms with Gasteiger partial charge in [-0.25, -0.2) is 4.90 Å². The molecular formula is C26H23NO4S. The average Bonchev–Trinajstić information content (AvgIpc) is 3.07. The highest BCUT2D eigenvalue weighted by atomic mass is 32.2. The Morgan fingerprint density at radius 2 is 1.56 bits per heavy atom. The van der Waals surface area contributed by atoms with E-state index in [0.717, 1.165) is 11.1 Å².